The third-order valence-corrected chi connectivity index (χ3v) is 2.23. The molecule has 0 atom stereocenters. The third kappa shape index (κ3) is 2.17. The Morgan fingerprint density at radius 3 is 2.71 bits per heavy atom. The van der Waals surface area contributed by atoms with Crippen molar-refractivity contribution < 1.29 is 19.5 Å². The van der Waals surface area contributed by atoms with Crippen molar-refractivity contribution in [2.24, 2.45) is 5.16 Å². The van der Waals surface area contributed by atoms with E-state index in [-0.39, 0.29) is 5.56 Å². The van der Waals surface area contributed by atoms with E-state index in [2.05, 4.69) is 5.16 Å². The predicted molar refractivity (Wildman–Crippen MR) is 60.5 cm³/mol. The summed E-state index contributed by atoms with van der Waals surface area (Å²) in [7, 11) is 0. The van der Waals surface area contributed by atoms with E-state index >= 15 is 0 Å². The van der Waals surface area contributed by atoms with Gasteiger partial charge in [-0.1, -0.05) is 23.4 Å². The Bertz CT molecular complexity index is 571. The summed E-state index contributed by atoms with van der Waals surface area (Å²) in [6, 6.07) is 9.74. The number of carbonyl (C=O) groups is 1. The largest absolute Gasteiger partial charge is 0.478 e. The Balaban J connectivity index is 2.48. The van der Waals surface area contributed by atoms with Gasteiger partial charge in [-0.2, -0.15) is 0 Å². The Morgan fingerprint density at radius 1 is 1.24 bits per heavy atom. The second kappa shape index (κ2) is 4.52. The number of carboxylic acid groups (broad SMARTS) is 1. The van der Waals surface area contributed by atoms with Gasteiger partial charge in [-0.15, -0.1) is 0 Å². The Hall–Kier alpha value is -2.56. The lowest BCUT2D eigenvalue weighted by atomic mass is 10.1. The molecule has 0 aliphatic carbocycles. The van der Waals surface area contributed by atoms with Crippen LogP contribution in [0.15, 0.2) is 46.0 Å². The number of hydrogen-bond donors (Lipinski definition) is 2. The molecule has 1 aromatic heterocycles. The SMILES string of the molecule is O=C(O)c1ccccc1-c1ccc(/C=N/O)o1. The van der Waals surface area contributed by atoms with Gasteiger partial charge in [-0.25, -0.2) is 4.79 Å². The highest BCUT2D eigenvalue weighted by Gasteiger charge is 2.13. The highest BCUT2D eigenvalue weighted by Crippen LogP contribution is 2.25. The van der Waals surface area contributed by atoms with Crippen LogP contribution in [0.4, 0.5) is 0 Å². The first-order valence-corrected chi connectivity index (χ1v) is 4.82. The summed E-state index contributed by atoms with van der Waals surface area (Å²) in [5.74, 6) is -0.255. The summed E-state index contributed by atoms with van der Waals surface area (Å²) in [4.78, 5) is 11.0. The van der Waals surface area contributed by atoms with Crippen LogP contribution in [0, 0.1) is 0 Å². The first kappa shape index (κ1) is 10.9. The summed E-state index contributed by atoms with van der Waals surface area (Å²) in [6.07, 6.45) is 1.13. The second-order valence-electron chi connectivity index (χ2n) is 3.30. The summed E-state index contributed by atoms with van der Waals surface area (Å²) in [5, 5.41) is 20.2. The number of carboxylic acids is 1. The molecule has 0 fully saturated rings. The Labute approximate surface area is 96.6 Å². The molecule has 0 unspecified atom stereocenters. The molecule has 1 heterocycles. The van der Waals surface area contributed by atoms with Crippen LogP contribution in [0.2, 0.25) is 0 Å². The maximum atomic E-state index is 11.0. The van der Waals surface area contributed by atoms with Crippen LogP contribution in [-0.4, -0.2) is 22.5 Å². The zero-order valence-electron chi connectivity index (χ0n) is 8.70. The van der Waals surface area contributed by atoms with Crippen LogP contribution in [-0.2, 0) is 0 Å². The number of benzene rings is 1. The van der Waals surface area contributed by atoms with Crippen molar-refractivity contribution in [3.8, 4) is 11.3 Å². The van der Waals surface area contributed by atoms with Crippen LogP contribution < -0.4 is 0 Å². The van der Waals surface area contributed by atoms with Gasteiger partial charge in [-0.05, 0) is 18.2 Å². The zero-order valence-corrected chi connectivity index (χ0v) is 8.70. The standard InChI is InChI=1S/C12H9NO4/c14-12(15)10-4-2-1-3-9(10)11-6-5-8(17-11)7-13-16/h1-7,16H,(H,14,15)/b13-7+. The molecule has 0 amide bonds. The van der Waals surface area contributed by atoms with Crippen molar-refractivity contribution >= 4 is 12.2 Å². The smallest absolute Gasteiger partial charge is 0.336 e. The van der Waals surface area contributed by atoms with Gasteiger partial charge in [0.05, 0.1) is 5.56 Å². The maximum absolute atomic E-state index is 11.0. The van der Waals surface area contributed by atoms with E-state index in [1.807, 2.05) is 0 Å². The fraction of sp³-hybridized carbons (Fsp3) is 0. The lowest BCUT2D eigenvalue weighted by Gasteiger charge is -2.01. The van der Waals surface area contributed by atoms with Crippen molar-refractivity contribution in [3.05, 3.63) is 47.7 Å². The van der Waals surface area contributed by atoms with E-state index in [4.69, 9.17) is 14.7 Å². The lowest BCUT2D eigenvalue weighted by molar-refractivity contribution is 0.0697. The van der Waals surface area contributed by atoms with Gasteiger partial charge < -0.3 is 14.7 Å². The van der Waals surface area contributed by atoms with E-state index in [9.17, 15) is 4.79 Å². The van der Waals surface area contributed by atoms with Crippen LogP contribution in [0.3, 0.4) is 0 Å². The van der Waals surface area contributed by atoms with Gasteiger partial charge in [0.1, 0.15) is 17.7 Å². The Morgan fingerprint density at radius 2 is 2.00 bits per heavy atom. The summed E-state index contributed by atoms with van der Waals surface area (Å²) >= 11 is 0. The minimum absolute atomic E-state index is 0.161. The molecule has 0 spiro atoms. The molecule has 5 heteroatoms. The van der Waals surface area contributed by atoms with Gasteiger partial charge in [0.2, 0.25) is 0 Å². The number of aromatic carboxylic acids is 1. The van der Waals surface area contributed by atoms with Crippen LogP contribution in [0.1, 0.15) is 16.1 Å². The molecular weight excluding hydrogens is 222 g/mol. The average molecular weight is 231 g/mol. The number of furan rings is 1. The summed E-state index contributed by atoms with van der Waals surface area (Å²) < 4.78 is 5.33. The number of rotatable bonds is 3. The third-order valence-electron chi connectivity index (χ3n) is 2.23. The van der Waals surface area contributed by atoms with Crippen molar-refractivity contribution in [3.63, 3.8) is 0 Å². The first-order valence-electron chi connectivity index (χ1n) is 4.82. The normalized spacial score (nSPS) is 10.8. The van der Waals surface area contributed by atoms with E-state index in [1.165, 1.54) is 6.07 Å². The number of oxime groups is 1. The fourth-order valence-electron chi connectivity index (χ4n) is 1.51. The van der Waals surface area contributed by atoms with Crippen LogP contribution in [0.25, 0.3) is 11.3 Å². The molecule has 0 saturated carbocycles. The number of nitrogens with zero attached hydrogens (tertiary/aromatic N) is 1. The van der Waals surface area contributed by atoms with Crippen molar-refractivity contribution in [1.29, 1.82) is 0 Å². The second-order valence-corrected chi connectivity index (χ2v) is 3.30. The highest BCUT2D eigenvalue weighted by molar-refractivity contribution is 5.95. The van der Waals surface area contributed by atoms with E-state index in [0.29, 0.717) is 17.1 Å². The van der Waals surface area contributed by atoms with Gasteiger partial charge >= 0.3 is 5.97 Å². The van der Waals surface area contributed by atoms with Crippen LogP contribution >= 0.6 is 0 Å². The van der Waals surface area contributed by atoms with Crippen molar-refractivity contribution in [2.75, 3.05) is 0 Å². The molecule has 17 heavy (non-hydrogen) atoms. The molecule has 1 aromatic carbocycles. The molecule has 5 nitrogen and oxygen atoms in total. The van der Waals surface area contributed by atoms with Gasteiger partial charge in [0.25, 0.3) is 0 Å². The topological polar surface area (TPSA) is 83.0 Å². The molecule has 2 aromatic rings. The lowest BCUT2D eigenvalue weighted by Crippen LogP contribution is -1.98. The number of hydrogen-bond acceptors (Lipinski definition) is 4. The molecule has 0 radical (unpaired) electrons. The first-order chi connectivity index (χ1) is 8.22. The molecule has 2 rings (SSSR count). The maximum Gasteiger partial charge on any atom is 0.336 e. The van der Waals surface area contributed by atoms with Gasteiger partial charge in [0.15, 0.2) is 0 Å². The summed E-state index contributed by atoms with van der Waals surface area (Å²) in [5.41, 5.74) is 0.645. The molecule has 2 N–H and O–H groups in total. The summed E-state index contributed by atoms with van der Waals surface area (Å²) in [6.45, 7) is 0. The van der Waals surface area contributed by atoms with Gasteiger partial charge in [0, 0.05) is 5.56 Å². The Kier molecular flexibility index (Phi) is 2.91. The molecule has 0 saturated heterocycles. The molecular formula is C12H9NO4. The molecule has 0 bridgehead atoms. The quantitative estimate of drug-likeness (QED) is 0.482. The molecule has 86 valence electrons. The monoisotopic (exact) mass is 231 g/mol. The van der Waals surface area contributed by atoms with Crippen molar-refractivity contribution in [1.82, 2.24) is 0 Å². The zero-order chi connectivity index (χ0) is 12.3. The van der Waals surface area contributed by atoms with E-state index in [1.54, 1.807) is 30.3 Å². The minimum Gasteiger partial charge on any atom is -0.478 e. The van der Waals surface area contributed by atoms with Crippen molar-refractivity contribution in [2.45, 2.75) is 0 Å². The van der Waals surface area contributed by atoms with Crippen LogP contribution in [0.5, 0.6) is 0 Å². The molecule has 0 aliphatic heterocycles. The fourth-order valence-corrected chi connectivity index (χ4v) is 1.51. The predicted octanol–water partition coefficient (Wildman–Crippen LogP) is 2.45. The highest BCUT2D eigenvalue weighted by atomic mass is 16.4. The van der Waals surface area contributed by atoms with E-state index in [0.717, 1.165) is 6.21 Å². The van der Waals surface area contributed by atoms with Gasteiger partial charge in [-0.3, -0.25) is 0 Å². The molecule has 0 aliphatic rings. The minimum atomic E-state index is -1.02. The average Bonchev–Trinajstić information content (AvgIpc) is 2.78. The van der Waals surface area contributed by atoms with E-state index < -0.39 is 5.97 Å².